The molecule has 1 amide bonds. The maximum Gasteiger partial charge on any atom is 0.307 e. The number of carboxylic acids is 1. The molecule has 0 aliphatic carbocycles. The predicted molar refractivity (Wildman–Crippen MR) is 82.1 cm³/mol. The number of hydrogen-bond acceptors (Lipinski definition) is 3. The highest BCUT2D eigenvalue weighted by molar-refractivity contribution is 5.78. The Morgan fingerprint density at radius 3 is 2.52 bits per heavy atom. The molecule has 0 bridgehead atoms. The summed E-state index contributed by atoms with van der Waals surface area (Å²) in [5.41, 5.74) is 1.18. The van der Waals surface area contributed by atoms with Gasteiger partial charge in [0.25, 0.3) is 0 Å². The normalized spacial score (nSPS) is 12.1. The molecule has 5 nitrogen and oxygen atoms in total. The number of carbonyl (C=O) groups is 2. The molecule has 0 radical (unpaired) electrons. The summed E-state index contributed by atoms with van der Waals surface area (Å²) in [6.07, 6.45) is 0.796. The first kappa shape index (κ1) is 17.2. The first-order chi connectivity index (χ1) is 10.0. The van der Waals surface area contributed by atoms with Crippen LogP contribution in [-0.4, -0.2) is 48.1 Å². The van der Waals surface area contributed by atoms with Gasteiger partial charge in [-0.15, -0.1) is 0 Å². The second-order valence-electron chi connectivity index (χ2n) is 5.15. The van der Waals surface area contributed by atoms with Gasteiger partial charge in [0.1, 0.15) is 0 Å². The molecule has 0 saturated carbocycles. The zero-order chi connectivity index (χ0) is 15.7. The zero-order valence-electron chi connectivity index (χ0n) is 12.7. The molecule has 1 atom stereocenters. The number of aliphatic carboxylic acids is 1. The van der Waals surface area contributed by atoms with Gasteiger partial charge in [0, 0.05) is 13.1 Å². The minimum absolute atomic E-state index is 0.0645. The van der Waals surface area contributed by atoms with Crippen molar-refractivity contribution in [3.63, 3.8) is 0 Å². The van der Waals surface area contributed by atoms with Gasteiger partial charge in [0.05, 0.1) is 12.5 Å². The first-order valence-electron chi connectivity index (χ1n) is 7.28. The first-order valence-corrected chi connectivity index (χ1v) is 7.28. The highest BCUT2D eigenvalue weighted by atomic mass is 16.4. The van der Waals surface area contributed by atoms with Gasteiger partial charge in [-0.1, -0.05) is 44.2 Å². The Balaban J connectivity index is 2.29. The Labute approximate surface area is 126 Å². The summed E-state index contributed by atoms with van der Waals surface area (Å²) in [6, 6.07) is 9.97. The average molecular weight is 292 g/mol. The molecule has 5 heteroatoms. The van der Waals surface area contributed by atoms with Gasteiger partial charge >= 0.3 is 5.97 Å². The van der Waals surface area contributed by atoms with Crippen LogP contribution in [0.25, 0.3) is 0 Å². The van der Waals surface area contributed by atoms with E-state index in [0.29, 0.717) is 19.6 Å². The minimum atomic E-state index is -0.835. The Morgan fingerprint density at radius 1 is 1.29 bits per heavy atom. The smallest absolute Gasteiger partial charge is 0.307 e. The molecule has 21 heavy (non-hydrogen) atoms. The van der Waals surface area contributed by atoms with E-state index < -0.39 is 11.9 Å². The molecule has 1 aromatic carbocycles. The van der Waals surface area contributed by atoms with Crippen molar-refractivity contribution in [3.05, 3.63) is 35.9 Å². The summed E-state index contributed by atoms with van der Waals surface area (Å²) in [4.78, 5) is 24.5. The summed E-state index contributed by atoms with van der Waals surface area (Å²) in [5, 5.41) is 11.8. The van der Waals surface area contributed by atoms with Gasteiger partial charge in [-0.05, 0) is 18.5 Å². The van der Waals surface area contributed by atoms with E-state index in [1.807, 2.05) is 42.2 Å². The van der Waals surface area contributed by atoms with Gasteiger partial charge in [0.2, 0.25) is 5.91 Å². The van der Waals surface area contributed by atoms with Crippen molar-refractivity contribution in [2.45, 2.75) is 20.3 Å². The number of nitrogens with zero attached hydrogens (tertiary/aromatic N) is 1. The Bertz CT molecular complexity index is 448. The van der Waals surface area contributed by atoms with Crippen LogP contribution in [0.4, 0.5) is 0 Å². The third-order valence-electron chi connectivity index (χ3n) is 3.35. The molecule has 0 aliphatic rings. The summed E-state index contributed by atoms with van der Waals surface area (Å²) >= 11 is 0. The molecule has 1 rings (SSSR count). The van der Waals surface area contributed by atoms with Crippen molar-refractivity contribution >= 4 is 11.9 Å². The lowest BCUT2D eigenvalue weighted by molar-refractivity contribution is -0.142. The fourth-order valence-corrected chi connectivity index (χ4v) is 2.02. The number of amides is 1. The lowest BCUT2D eigenvalue weighted by atomic mass is 10.1. The number of nitrogens with one attached hydrogen (secondary N) is 1. The second kappa shape index (κ2) is 9.13. The minimum Gasteiger partial charge on any atom is -0.481 e. The third-order valence-corrected chi connectivity index (χ3v) is 3.35. The molecular weight excluding hydrogens is 268 g/mol. The fourth-order valence-electron chi connectivity index (χ4n) is 2.02. The van der Waals surface area contributed by atoms with Gasteiger partial charge in [0.15, 0.2) is 0 Å². The summed E-state index contributed by atoms with van der Waals surface area (Å²) < 4.78 is 0. The number of benzene rings is 1. The topological polar surface area (TPSA) is 69.6 Å². The van der Waals surface area contributed by atoms with E-state index in [0.717, 1.165) is 6.42 Å². The van der Waals surface area contributed by atoms with Gasteiger partial charge in [-0.25, -0.2) is 0 Å². The van der Waals surface area contributed by atoms with E-state index >= 15 is 0 Å². The number of rotatable bonds is 9. The molecule has 0 aliphatic heterocycles. The van der Waals surface area contributed by atoms with E-state index in [1.165, 1.54) is 5.56 Å². The number of likely N-dealkylation sites (N-methyl/N-ethyl adjacent to an activating group) is 1. The lowest BCUT2D eigenvalue weighted by Gasteiger charge is -2.21. The SMILES string of the molecule is CCN(CC(=O)NCCc1ccccc1)CC(C)C(=O)O. The van der Waals surface area contributed by atoms with Crippen molar-refractivity contribution in [1.29, 1.82) is 0 Å². The number of hydrogen-bond donors (Lipinski definition) is 2. The van der Waals surface area contributed by atoms with E-state index in [9.17, 15) is 9.59 Å². The quantitative estimate of drug-likeness (QED) is 0.721. The highest BCUT2D eigenvalue weighted by Gasteiger charge is 2.16. The van der Waals surface area contributed by atoms with Crippen molar-refractivity contribution in [2.24, 2.45) is 5.92 Å². The average Bonchev–Trinajstić information content (AvgIpc) is 2.47. The van der Waals surface area contributed by atoms with Gasteiger partial charge < -0.3 is 10.4 Å². The van der Waals surface area contributed by atoms with Crippen molar-refractivity contribution < 1.29 is 14.7 Å². The molecule has 0 saturated heterocycles. The molecule has 116 valence electrons. The molecule has 1 aromatic rings. The zero-order valence-corrected chi connectivity index (χ0v) is 12.7. The molecular formula is C16H24N2O3. The lowest BCUT2D eigenvalue weighted by Crippen LogP contribution is -2.40. The van der Waals surface area contributed by atoms with Crippen LogP contribution in [0.1, 0.15) is 19.4 Å². The largest absolute Gasteiger partial charge is 0.481 e. The Morgan fingerprint density at radius 2 is 1.95 bits per heavy atom. The summed E-state index contributed by atoms with van der Waals surface area (Å²) in [6.45, 7) is 5.45. The molecule has 0 aromatic heterocycles. The molecule has 0 spiro atoms. The van der Waals surface area contributed by atoms with Crippen LogP contribution in [0, 0.1) is 5.92 Å². The maximum absolute atomic E-state index is 11.9. The summed E-state index contributed by atoms with van der Waals surface area (Å²) in [7, 11) is 0. The van der Waals surface area contributed by atoms with Crippen molar-refractivity contribution in [1.82, 2.24) is 10.2 Å². The van der Waals surface area contributed by atoms with Crippen LogP contribution in [0.3, 0.4) is 0 Å². The van der Waals surface area contributed by atoms with E-state index in [1.54, 1.807) is 6.92 Å². The van der Waals surface area contributed by atoms with Crippen LogP contribution in [0.5, 0.6) is 0 Å². The van der Waals surface area contributed by atoms with Crippen molar-refractivity contribution in [2.75, 3.05) is 26.2 Å². The molecule has 0 fully saturated rings. The van der Waals surface area contributed by atoms with E-state index in [-0.39, 0.29) is 12.5 Å². The van der Waals surface area contributed by atoms with E-state index in [2.05, 4.69) is 5.32 Å². The maximum atomic E-state index is 11.9. The Hall–Kier alpha value is -1.88. The number of carbonyl (C=O) groups excluding carboxylic acids is 1. The highest BCUT2D eigenvalue weighted by Crippen LogP contribution is 2.00. The van der Waals surface area contributed by atoms with Crippen LogP contribution < -0.4 is 5.32 Å². The fraction of sp³-hybridized carbons (Fsp3) is 0.500. The standard InChI is InChI=1S/C16H24N2O3/c1-3-18(11-13(2)16(20)21)12-15(19)17-10-9-14-7-5-4-6-8-14/h4-8,13H,3,9-12H2,1-2H3,(H,17,19)(H,20,21). The monoisotopic (exact) mass is 292 g/mol. The molecule has 2 N–H and O–H groups in total. The second-order valence-corrected chi connectivity index (χ2v) is 5.15. The summed E-state index contributed by atoms with van der Waals surface area (Å²) in [5.74, 6) is -1.37. The molecule has 0 heterocycles. The Kier molecular flexibility index (Phi) is 7.46. The van der Waals surface area contributed by atoms with E-state index in [4.69, 9.17) is 5.11 Å². The number of carboxylic acid groups (broad SMARTS) is 1. The van der Waals surface area contributed by atoms with Crippen LogP contribution in [0.15, 0.2) is 30.3 Å². The van der Waals surface area contributed by atoms with Gasteiger partial charge in [-0.2, -0.15) is 0 Å². The van der Waals surface area contributed by atoms with Gasteiger partial charge in [-0.3, -0.25) is 14.5 Å². The van der Waals surface area contributed by atoms with Crippen LogP contribution >= 0.6 is 0 Å². The third kappa shape index (κ3) is 6.90. The van der Waals surface area contributed by atoms with Crippen LogP contribution in [-0.2, 0) is 16.0 Å². The van der Waals surface area contributed by atoms with Crippen LogP contribution in [0.2, 0.25) is 0 Å². The predicted octanol–water partition coefficient (Wildman–Crippen LogP) is 1.39. The van der Waals surface area contributed by atoms with Crippen molar-refractivity contribution in [3.8, 4) is 0 Å². The molecule has 1 unspecified atom stereocenters.